The molecule has 3 rings (SSSR count). The third kappa shape index (κ3) is 2.60. The van der Waals surface area contributed by atoms with Crippen LogP contribution in [0.5, 0.6) is 0 Å². The molecule has 2 aliphatic rings. The van der Waals surface area contributed by atoms with Crippen molar-refractivity contribution >= 4 is 11.8 Å². The summed E-state index contributed by atoms with van der Waals surface area (Å²) in [4.78, 5) is 0. The molecule has 2 aliphatic carbocycles. The van der Waals surface area contributed by atoms with E-state index in [1.807, 2.05) is 0 Å². The van der Waals surface area contributed by atoms with Crippen LogP contribution in [0.4, 0.5) is 0 Å². The molecule has 0 aliphatic heterocycles. The quantitative estimate of drug-likeness (QED) is 0.868. The lowest BCUT2D eigenvalue weighted by atomic mass is 9.88. The zero-order chi connectivity index (χ0) is 12.4. The first-order valence-corrected chi connectivity index (χ1v) is 8.28. The first kappa shape index (κ1) is 12.6. The van der Waals surface area contributed by atoms with Crippen molar-refractivity contribution in [1.82, 2.24) is 0 Å². The fraction of sp³-hybridized carbons (Fsp3) is 0.625. The normalized spacial score (nSPS) is 28.9. The van der Waals surface area contributed by atoms with Crippen molar-refractivity contribution in [2.45, 2.75) is 61.5 Å². The largest absolute Gasteiger partial charge is 0.323 e. The summed E-state index contributed by atoms with van der Waals surface area (Å²) in [6.45, 7) is 0. The maximum atomic E-state index is 6.49. The van der Waals surface area contributed by atoms with Gasteiger partial charge in [0, 0.05) is 16.5 Å². The van der Waals surface area contributed by atoms with Crippen molar-refractivity contribution in [3.05, 3.63) is 35.4 Å². The number of aryl methyl sites for hydroxylation is 1. The predicted molar refractivity (Wildman–Crippen MR) is 79.9 cm³/mol. The van der Waals surface area contributed by atoms with Gasteiger partial charge in [-0.2, -0.15) is 11.8 Å². The molecule has 0 radical (unpaired) electrons. The lowest BCUT2D eigenvalue weighted by molar-refractivity contribution is 0.508. The molecule has 2 N–H and O–H groups in total. The summed E-state index contributed by atoms with van der Waals surface area (Å²) in [5.74, 6) is 0. The molecule has 1 saturated carbocycles. The van der Waals surface area contributed by atoms with Crippen LogP contribution in [0.3, 0.4) is 0 Å². The average Bonchev–Trinajstić information content (AvgIpc) is 2.43. The van der Waals surface area contributed by atoms with Crippen LogP contribution in [0.15, 0.2) is 24.3 Å². The Balaban J connectivity index is 1.68. The maximum Gasteiger partial charge on any atom is 0.0418 e. The lowest BCUT2D eigenvalue weighted by Gasteiger charge is -2.34. The van der Waals surface area contributed by atoms with Gasteiger partial charge in [-0.1, -0.05) is 43.5 Å². The number of thioether (sulfide) groups is 1. The van der Waals surface area contributed by atoms with E-state index in [4.69, 9.17) is 5.73 Å². The van der Waals surface area contributed by atoms with Gasteiger partial charge in [0.2, 0.25) is 0 Å². The molecular formula is C16H23NS. The van der Waals surface area contributed by atoms with Gasteiger partial charge in [0.15, 0.2) is 0 Å². The number of benzene rings is 1. The van der Waals surface area contributed by atoms with Gasteiger partial charge in [-0.25, -0.2) is 0 Å². The van der Waals surface area contributed by atoms with E-state index in [0.717, 1.165) is 5.25 Å². The summed E-state index contributed by atoms with van der Waals surface area (Å²) in [5, 5.41) is 1.52. The average molecular weight is 261 g/mol. The van der Waals surface area contributed by atoms with E-state index >= 15 is 0 Å². The fourth-order valence-electron chi connectivity index (χ4n) is 3.37. The minimum Gasteiger partial charge on any atom is -0.323 e. The summed E-state index contributed by atoms with van der Waals surface area (Å²) in [6, 6.07) is 9.00. The van der Waals surface area contributed by atoms with Crippen molar-refractivity contribution in [2.75, 3.05) is 0 Å². The van der Waals surface area contributed by atoms with Crippen molar-refractivity contribution in [3.63, 3.8) is 0 Å². The van der Waals surface area contributed by atoms with Gasteiger partial charge in [0.05, 0.1) is 0 Å². The Hall–Kier alpha value is -0.470. The Morgan fingerprint density at radius 2 is 1.78 bits per heavy atom. The Labute approximate surface area is 115 Å². The third-order valence-electron chi connectivity index (χ3n) is 4.43. The summed E-state index contributed by atoms with van der Waals surface area (Å²) in [6.07, 6.45) is 9.60. The van der Waals surface area contributed by atoms with E-state index in [0.29, 0.717) is 5.25 Å². The molecule has 2 heteroatoms. The molecule has 1 aromatic carbocycles. The molecular weight excluding hydrogens is 238 g/mol. The molecule has 0 aromatic heterocycles. The Bertz CT molecular complexity index is 398. The van der Waals surface area contributed by atoms with Crippen LogP contribution in [0.2, 0.25) is 0 Å². The Kier molecular flexibility index (Phi) is 3.95. The zero-order valence-electron chi connectivity index (χ0n) is 11.0. The first-order valence-electron chi connectivity index (χ1n) is 7.33. The summed E-state index contributed by atoms with van der Waals surface area (Å²) < 4.78 is 0. The highest BCUT2D eigenvalue weighted by molar-refractivity contribution is 8.00. The molecule has 2 atom stereocenters. The molecule has 1 fully saturated rings. The second kappa shape index (κ2) is 5.66. The Morgan fingerprint density at radius 1 is 1.00 bits per heavy atom. The molecule has 1 aromatic rings. The van der Waals surface area contributed by atoms with Gasteiger partial charge >= 0.3 is 0 Å². The van der Waals surface area contributed by atoms with Crippen molar-refractivity contribution < 1.29 is 0 Å². The van der Waals surface area contributed by atoms with Gasteiger partial charge in [-0.05, 0) is 36.8 Å². The third-order valence-corrected chi connectivity index (χ3v) is 6.17. The van der Waals surface area contributed by atoms with Crippen molar-refractivity contribution in [3.8, 4) is 0 Å². The molecule has 0 bridgehead atoms. The van der Waals surface area contributed by atoms with Crippen molar-refractivity contribution in [1.29, 1.82) is 0 Å². The lowest BCUT2D eigenvalue weighted by Crippen LogP contribution is -2.31. The number of fused-ring (bicyclic) bond motifs is 1. The number of hydrogen-bond acceptors (Lipinski definition) is 2. The van der Waals surface area contributed by atoms with Crippen LogP contribution >= 0.6 is 11.8 Å². The molecule has 0 spiro atoms. The second-order valence-electron chi connectivity index (χ2n) is 5.70. The highest BCUT2D eigenvalue weighted by atomic mass is 32.2. The minimum absolute atomic E-state index is 0.252. The summed E-state index contributed by atoms with van der Waals surface area (Å²) in [7, 11) is 0. The molecule has 98 valence electrons. The van der Waals surface area contributed by atoms with Gasteiger partial charge < -0.3 is 5.73 Å². The van der Waals surface area contributed by atoms with Crippen LogP contribution in [0.1, 0.15) is 55.7 Å². The standard InChI is InChI=1S/C16H23NS/c17-16-14-9-5-4-6-12(14)10-11-15(16)18-13-7-2-1-3-8-13/h4-6,9,13,15-16H,1-3,7-8,10-11,17H2. The summed E-state index contributed by atoms with van der Waals surface area (Å²) >= 11 is 2.19. The van der Waals surface area contributed by atoms with E-state index < -0.39 is 0 Å². The van der Waals surface area contributed by atoms with Crippen LogP contribution in [-0.2, 0) is 6.42 Å². The van der Waals surface area contributed by atoms with E-state index in [2.05, 4.69) is 36.0 Å². The topological polar surface area (TPSA) is 26.0 Å². The fourth-order valence-corrected chi connectivity index (χ4v) is 5.04. The number of nitrogens with two attached hydrogens (primary N) is 1. The highest BCUT2D eigenvalue weighted by Gasteiger charge is 2.29. The van der Waals surface area contributed by atoms with Crippen LogP contribution in [-0.4, -0.2) is 10.5 Å². The van der Waals surface area contributed by atoms with Crippen LogP contribution in [0, 0.1) is 0 Å². The van der Waals surface area contributed by atoms with Gasteiger partial charge in [-0.3, -0.25) is 0 Å². The van der Waals surface area contributed by atoms with Gasteiger partial charge in [-0.15, -0.1) is 0 Å². The van der Waals surface area contributed by atoms with E-state index in [1.165, 1.54) is 56.1 Å². The monoisotopic (exact) mass is 261 g/mol. The molecule has 0 amide bonds. The second-order valence-corrected chi connectivity index (χ2v) is 7.24. The SMILES string of the molecule is NC1c2ccccc2CCC1SC1CCCCC1. The first-order chi connectivity index (χ1) is 8.84. The zero-order valence-corrected chi connectivity index (χ0v) is 11.8. The van der Waals surface area contributed by atoms with Crippen molar-refractivity contribution in [2.24, 2.45) is 5.73 Å². The number of hydrogen-bond donors (Lipinski definition) is 1. The summed E-state index contributed by atoms with van der Waals surface area (Å²) in [5.41, 5.74) is 9.36. The smallest absolute Gasteiger partial charge is 0.0418 e. The minimum atomic E-state index is 0.252. The van der Waals surface area contributed by atoms with Gasteiger partial charge in [0.25, 0.3) is 0 Å². The maximum absolute atomic E-state index is 6.49. The predicted octanol–water partition coefficient (Wildman–Crippen LogP) is 4.07. The van der Waals surface area contributed by atoms with E-state index in [-0.39, 0.29) is 6.04 Å². The Morgan fingerprint density at radius 3 is 2.61 bits per heavy atom. The van der Waals surface area contributed by atoms with Gasteiger partial charge in [0.1, 0.15) is 0 Å². The molecule has 0 saturated heterocycles. The number of rotatable bonds is 2. The molecule has 2 unspecified atom stereocenters. The van der Waals surface area contributed by atoms with E-state index in [1.54, 1.807) is 0 Å². The van der Waals surface area contributed by atoms with Crippen LogP contribution < -0.4 is 5.73 Å². The van der Waals surface area contributed by atoms with E-state index in [9.17, 15) is 0 Å². The molecule has 0 heterocycles. The molecule has 18 heavy (non-hydrogen) atoms. The van der Waals surface area contributed by atoms with Crippen LogP contribution in [0.25, 0.3) is 0 Å². The highest BCUT2D eigenvalue weighted by Crippen LogP contribution is 2.40. The molecule has 1 nitrogen and oxygen atoms in total.